The summed E-state index contributed by atoms with van der Waals surface area (Å²) >= 11 is -0.196. The summed E-state index contributed by atoms with van der Waals surface area (Å²) in [6, 6.07) is 24.9. The molecule has 156 valence electrons. The van der Waals surface area contributed by atoms with Crippen molar-refractivity contribution in [1.29, 1.82) is 0 Å². The van der Waals surface area contributed by atoms with Crippen LogP contribution in [0.15, 0.2) is 88.7 Å². The summed E-state index contributed by atoms with van der Waals surface area (Å²) in [6.07, 6.45) is 1.22. The standard InChI is InChI=1S/C25H26O3SSe/c1-4-10-24(29(26,27)20-17-15-19(2)16-18-20)25(30-21-11-6-5-7-12-21)22-13-8-9-14-23(22)28-3/h5-9,11-18H,4,10H2,1-3H3/b25-24+. The van der Waals surface area contributed by atoms with Crippen LogP contribution in [0.3, 0.4) is 0 Å². The summed E-state index contributed by atoms with van der Waals surface area (Å²) in [7, 11) is -2.01. The van der Waals surface area contributed by atoms with E-state index in [1.54, 1.807) is 19.2 Å². The quantitative estimate of drug-likeness (QED) is 0.423. The first kappa shape index (κ1) is 22.4. The number of sulfone groups is 1. The number of aryl methyl sites for hydroxylation is 1. The number of methoxy groups -OCH3 is 1. The van der Waals surface area contributed by atoms with Crippen LogP contribution in [0.4, 0.5) is 0 Å². The van der Waals surface area contributed by atoms with Crippen LogP contribution in [-0.2, 0) is 9.84 Å². The zero-order valence-electron chi connectivity index (χ0n) is 17.5. The Labute approximate surface area is 185 Å². The molecule has 30 heavy (non-hydrogen) atoms. The van der Waals surface area contributed by atoms with Crippen LogP contribution in [0.5, 0.6) is 5.75 Å². The Kier molecular flexibility index (Phi) is 7.54. The number of ether oxygens (including phenoxy) is 1. The minimum absolute atomic E-state index is 0.196. The number of benzene rings is 3. The van der Waals surface area contributed by atoms with Crippen LogP contribution < -0.4 is 9.20 Å². The Bertz CT molecular complexity index is 1120. The Morgan fingerprint density at radius 1 is 0.900 bits per heavy atom. The average Bonchev–Trinajstić information content (AvgIpc) is 2.77. The van der Waals surface area contributed by atoms with Crippen molar-refractivity contribution < 1.29 is 13.2 Å². The van der Waals surface area contributed by atoms with E-state index in [0.29, 0.717) is 22.0 Å². The molecule has 3 rings (SSSR count). The summed E-state index contributed by atoms with van der Waals surface area (Å²) in [5.41, 5.74) is 1.89. The molecule has 0 saturated carbocycles. The van der Waals surface area contributed by atoms with Crippen LogP contribution in [0.1, 0.15) is 30.9 Å². The number of rotatable bonds is 8. The van der Waals surface area contributed by atoms with Crippen LogP contribution in [0.2, 0.25) is 0 Å². The van der Waals surface area contributed by atoms with Crippen molar-refractivity contribution in [2.24, 2.45) is 0 Å². The van der Waals surface area contributed by atoms with Gasteiger partial charge in [0.15, 0.2) is 0 Å². The van der Waals surface area contributed by atoms with E-state index in [2.05, 4.69) is 12.1 Å². The maximum absolute atomic E-state index is 13.7. The molecule has 3 aromatic rings. The van der Waals surface area contributed by atoms with Gasteiger partial charge in [0.1, 0.15) is 0 Å². The molecule has 0 aromatic heterocycles. The van der Waals surface area contributed by atoms with Gasteiger partial charge in [0.05, 0.1) is 0 Å². The van der Waals surface area contributed by atoms with Crippen molar-refractivity contribution in [3.8, 4) is 5.75 Å². The van der Waals surface area contributed by atoms with E-state index < -0.39 is 9.84 Å². The van der Waals surface area contributed by atoms with Crippen molar-refractivity contribution in [1.82, 2.24) is 0 Å². The minimum atomic E-state index is -3.63. The van der Waals surface area contributed by atoms with Crippen molar-refractivity contribution in [2.75, 3.05) is 7.11 Å². The number of para-hydroxylation sites is 1. The summed E-state index contributed by atoms with van der Waals surface area (Å²) < 4.78 is 35.1. The zero-order valence-corrected chi connectivity index (χ0v) is 20.0. The normalized spacial score (nSPS) is 12.4. The number of hydrogen-bond donors (Lipinski definition) is 0. The van der Waals surface area contributed by atoms with E-state index in [1.165, 1.54) is 0 Å². The van der Waals surface area contributed by atoms with Gasteiger partial charge in [-0.3, -0.25) is 0 Å². The van der Waals surface area contributed by atoms with E-state index in [-0.39, 0.29) is 15.0 Å². The van der Waals surface area contributed by atoms with Gasteiger partial charge in [-0.05, 0) is 0 Å². The molecule has 0 spiro atoms. The molecule has 3 aromatic carbocycles. The molecule has 3 nitrogen and oxygen atoms in total. The fourth-order valence-corrected chi connectivity index (χ4v) is 7.82. The second-order valence-corrected chi connectivity index (χ2v) is 11.2. The van der Waals surface area contributed by atoms with Crippen LogP contribution in [0.25, 0.3) is 4.47 Å². The van der Waals surface area contributed by atoms with Gasteiger partial charge in [0.25, 0.3) is 0 Å². The molecule has 0 unspecified atom stereocenters. The monoisotopic (exact) mass is 486 g/mol. The molecule has 5 heteroatoms. The molecule has 0 saturated heterocycles. The average molecular weight is 486 g/mol. The SMILES string of the molecule is CCC/C(=C(\[Se]c1ccccc1)c1ccccc1OC)S(=O)(=O)c1ccc(C)cc1. The van der Waals surface area contributed by atoms with Crippen molar-refractivity contribution in [3.05, 3.63) is 94.9 Å². The van der Waals surface area contributed by atoms with E-state index in [0.717, 1.165) is 26.5 Å². The first-order chi connectivity index (χ1) is 14.5. The first-order valence-electron chi connectivity index (χ1n) is 9.88. The second kappa shape index (κ2) is 10.1. The topological polar surface area (TPSA) is 43.4 Å². The summed E-state index contributed by atoms with van der Waals surface area (Å²) in [4.78, 5) is 0.829. The van der Waals surface area contributed by atoms with Gasteiger partial charge < -0.3 is 0 Å². The third-order valence-electron chi connectivity index (χ3n) is 4.70. The summed E-state index contributed by atoms with van der Waals surface area (Å²) in [6.45, 7) is 3.97. The molecule has 0 atom stereocenters. The third kappa shape index (κ3) is 5.04. The summed E-state index contributed by atoms with van der Waals surface area (Å²) in [5.74, 6) is 0.693. The van der Waals surface area contributed by atoms with E-state index >= 15 is 0 Å². The Hall–Kier alpha value is -2.33. The van der Waals surface area contributed by atoms with Crippen LogP contribution in [-0.4, -0.2) is 30.5 Å². The molecule has 0 aliphatic heterocycles. The molecule has 0 heterocycles. The van der Waals surface area contributed by atoms with E-state index in [1.807, 2.05) is 68.4 Å². The molecule has 0 bridgehead atoms. The molecule has 0 radical (unpaired) electrons. The molecule has 0 aliphatic carbocycles. The Balaban J connectivity index is 2.28. The molecule has 0 amide bonds. The Morgan fingerprint density at radius 3 is 2.17 bits per heavy atom. The van der Waals surface area contributed by atoms with Gasteiger partial charge in [-0.2, -0.15) is 0 Å². The predicted molar refractivity (Wildman–Crippen MR) is 125 cm³/mol. The summed E-state index contributed by atoms with van der Waals surface area (Å²) in [5, 5.41) is 0. The van der Waals surface area contributed by atoms with Gasteiger partial charge in [-0.15, -0.1) is 0 Å². The van der Waals surface area contributed by atoms with Crippen molar-refractivity contribution >= 4 is 33.7 Å². The molecular weight excluding hydrogens is 459 g/mol. The molecule has 0 N–H and O–H groups in total. The predicted octanol–water partition coefficient (Wildman–Crippen LogP) is 4.98. The van der Waals surface area contributed by atoms with Gasteiger partial charge in [-0.1, -0.05) is 0 Å². The maximum atomic E-state index is 13.7. The first-order valence-corrected chi connectivity index (χ1v) is 13.1. The molecule has 0 aliphatic rings. The van der Waals surface area contributed by atoms with E-state index in [4.69, 9.17) is 4.74 Å². The second-order valence-electron chi connectivity index (χ2n) is 6.93. The number of allylic oxidation sites excluding steroid dienone is 1. The Morgan fingerprint density at radius 2 is 1.53 bits per heavy atom. The van der Waals surface area contributed by atoms with E-state index in [9.17, 15) is 8.42 Å². The zero-order chi connectivity index (χ0) is 21.6. The van der Waals surface area contributed by atoms with Gasteiger partial charge >= 0.3 is 186 Å². The van der Waals surface area contributed by atoms with Crippen molar-refractivity contribution in [2.45, 2.75) is 31.6 Å². The van der Waals surface area contributed by atoms with Crippen molar-refractivity contribution in [3.63, 3.8) is 0 Å². The third-order valence-corrected chi connectivity index (χ3v) is 9.41. The molecule has 0 fully saturated rings. The molecular formula is C25H26O3SSe. The fraction of sp³-hybridized carbons (Fsp3) is 0.200. The number of hydrogen-bond acceptors (Lipinski definition) is 3. The van der Waals surface area contributed by atoms with Gasteiger partial charge in [-0.25, -0.2) is 0 Å². The van der Waals surface area contributed by atoms with Crippen LogP contribution in [0, 0.1) is 6.92 Å². The van der Waals surface area contributed by atoms with Gasteiger partial charge in [0, 0.05) is 0 Å². The van der Waals surface area contributed by atoms with Gasteiger partial charge in [0.2, 0.25) is 0 Å². The fourth-order valence-electron chi connectivity index (χ4n) is 3.16. The van der Waals surface area contributed by atoms with Crippen LogP contribution >= 0.6 is 0 Å².